The second kappa shape index (κ2) is 4.72. The van der Waals surface area contributed by atoms with E-state index in [0.717, 1.165) is 36.4 Å². The summed E-state index contributed by atoms with van der Waals surface area (Å²) in [6.07, 6.45) is 7.10. The van der Waals surface area contributed by atoms with E-state index in [4.69, 9.17) is 4.52 Å². The lowest BCUT2D eigenvalue weighted by Crippen LogP contribution is -2.31. The molecule has 1 amide bonds. The third-order valence-electron chi connectivity index (χ3n) is 4.40. The van der Waals surface area contributed by atoms with Gasteiger partial charge in [-0.3, -0.25) is 9.89 Å². The lowest BCUT2D eigenvalue weighted by atomic mass is 10.0. The Balaban J connectivity index is 1.72. The summed E-state index contributed by atoms with van der Waals surface area (Å²) in [4.78, 5) is 19.1. The smallest absolute Gasteiger partial charge is 0.259 e. The number of amides is 1. The quantitative estimate of drug-likeness (QED) is 0.787. The third kappa shape index (κ3) is 1.78. The molecule has 7 nitrogen and oxygen atoms in total. The number of carbonyl (C=O) groups is 1. The van der Waals surface area contributed by atoms with Crippen LogP contribution in [0.4, 0.5) is 0 Å². The van der Waals surface area contributed by atoms with Gasteiger partial charge in [0.15, 0.2) is 5.65 Å². The molecule has 3 aromatic rings. The van der Waals surface area contributed by atoms with Gasteiger partial charge in [-0.05, 0) is 26.7 Å². The Morgan fingerprint density at radius 1 is 1.45 bits per heavy atom. The molecule has 0 aliphatic carbocycles. The Kier molecular flexibility index (Phi) is 2.82. The third-order valence-corrected chi connectivity index (χ3v) is 4.40. The first-order valence-electron chi connectivity index (χ1n) is 7.41. The fourth-order valence-corrected chi connectivity index (χ4v) is 3.39. The highest BCUT2D eigenvalue weighted by atomic mass is 16.5. The standard InChI is InChI=1S/C15H17N5O2/c1-9-13(10(2)22-18-9)12-4-3-6-19(12)15(21)11-8-17-20-7-5-16-14(11)20/h5,7-8,12,17H,3-4,6H2,1-2H3/t12-/m0/s1. The highest BCUT2D eigenvalue weighted by Gasteiger charge is 2.35. The van der Waals surface area contributed by atoms with Crippen molar-refractivity contribution in [3.8, 4) is 0 Å². The number of likely N-dealkylation sites (tertiary alicyclic amines) is 1. The molecule has 0 spiro atoms. The predicted octanol–water partition coefficient (Wildman–Crippen LogP) is 2.24. The lowest BCUT2D eigenvalue weighted by molar-refractivity contribution is 0.0736. The molecule has 0 bridgehead atoms. The highest BCUT2D eigenvalue weighted by molar-refractivity contribution is 6.00. The van der Waals surface area contributed by atoms with Crippen LogP contribution in [0.25, 0.3) is 5.65 Å². The molecular weight excluding hydrogens is 282 g/mol. The van der Waals surface area contributed by atoms with E-state index in [9.17, 15) is 4.79 Å². The van der Waals surface area contributed by atoms with E-state index in [1.807, 2.05) is 18.7 Å². The Labute approximate surface area is 126 Å². The maximum Gasteiger partial charge on any atom is 0.259 e. The number of carbonyl (C=O) groups excluding carboxylic acids is 1. The summed E-state index contributed by atoms with van der Waals surface area (Å²) in [6.45, 7) is 4.57. The average molecular weight is 299 g/mol. The summed E-state index contributed by atoms with van der Waals surface area (Å²) >= 11 is 0. The van der Waals surface area contributed by atoms with Gasteiger partial charge in [-0.15, -0.1) is 0 Å². The van der Waals surface area contributed by atoms with Gasteiger partial charge < -0.3 is 9.42 Å². The molecular formula is C15H17N5O2. The second-order valence-electron chi connectivity index (χ2n) is 5.70. The molecule has 0 radical (unpaired) electrons. The summed E-state index contributed by atoms with van der Waals surface area (Å²) in [6, 6.07) is 0.0312. The summed E-state index contributed by atoms with van der Waals surface area (Å²) in [7, 11) is 0. The van der Waals surface area contributed by atoms with Crippen LogP contribution in [0.1, 0.15) is 46.3 Å². The fraction of sp³-hybridized carbons (Fsp3) is 0.400. The van der Waals surface area contributed by atoms with Crippen LogP contribution in [0.3, 0.4) is 0 Å². The van der Waals surface area contributed by atoms with Gasteiger partial charge in [-0.2, -0.15) is 0 Å². The number of H-pyrrole nitrogens is 1. The minimum Gasteiger partial charge on any atom is -0.361 e. The first kappa shape index (κ1) is 13.1. The molecule has 4 rings (SSSR count). The molecule has 22 heavy (non-hydrogen) atoms. The van der Waals surface area contributed by atoms with Crippen molar-refractivity contribution in [2.75, 3.05) is 6.54 Å². The number of hydrogen-bond acceptors (Lipinski definition) is 4. The van der Waals surface area contributed by atoms with Crippen molar-refractivity contribution in [1.82, 2.24) is 24.7 Å². The zero-order chi connectivity index (χ0) is 15.3. The van der Waals surface area contributed by atoms with Crippen LogP contribution in [-0.4, -0.2) is 37.1 Å². The number of imidazole rings is 1. The molecule has 1 atom stereocenters. The number of aromatic nitrogens is 4. The number of hydrogen-bond donors (Lipinski definition) is 1. The maximum atomic E-state index is 12.9. The van der Waals surface area contributed by atoms with Crippen LogP contribution in [0, 0.1) is 13.8 Å². The minimum absolute atomic E-state index is 0.0000463. The van der Waals surface area contributed by atoms with Crippen molar-refractivity contribution < 1.29 is 9.32 Å². The summed E-state index contributed by atoms with van der Waals surface area (Å²) in [5.74, 6) is 0.794. The zero-order valence-corrected chi connectivity index (χ0v) is 12.5. The molecule has 1 aliphatic heterocycles. The number of aryl methyl sites for hydroxylation is 2. The molecule has 3 aromatic heterocycles. The molecule has 0 unspecified atom stereocenters. The number of fused-ring (bicyclic) bond motifs is 1. The van der Waals surface area contributed by atoms with E-state index < -0.39 is 0 Å². The normalized spacial score (nSPS) is 18.5. The average Bonchev–Trinajstić information content (AvgIpc) is 3.22. The number of aromatic amines is 1. The minimum atomic E-state index is -0.0000463. The Morgan fingerprint density at radius 2 is 2.32 bits per heavy atom. The molecule has 7 heteroatoms. The molecule has 4 heterocycles. The predicted molar refractivity (Wildman–Crippen MR) is 78.5 cm³/mol. The van der Waals surface area contributed by atoms with Gasteiger partial charge in [-0.25, -0.2) is 9.50 Å². The van der Waals surface area contributed by atoms with E-state index in [-0.39, 0.29) is 11.9 Å². The van der Waals surface area contributed by atoms with Crippen LogP contribution in [0.15, 0.2) is 23.1 Å². The van der Waals surface area contributed by atoms with Gasteiger partial charge in [0, 0.05) is 30.7 Å². The summed E-state index contributed by atoms with van der Waals surface area (Å²) < 4.78 is 7.02. The zero-order valence-electron chi connectivity index (χ0n) is 12.5. The van der Waals surface area contributed by atoms with Crippen molar-refractivity contribution in [2.45, 2.75) is 32.7 Å². The van der Waals surface area contributed by atoms with Crippen LogP contribution >= 0.6 is 0 Å². The van der Waals surface area contributed by atoms with Gasteiger partial charge in [0.1, 0.15) is 11.3 Å². The number of rotatable bonds is 2. The molecule has 1 aliphatic rings. The van der Waals surface area contributed by atoms with E-state index in [1.54, 1.807) is 23.1 Å². The first-order valence-corrected chi connectivity index (χ1v) is 7.41. The summed E-state index contributed by atoms with van der Waals surface area (Å²) in [5, 5.41) is 7.04. The van der Waals surface area contributed by atoms with Crippen molar-refractivity contribution in [1.29, 1.82) is 0 Å². The van der Waals surface area contributed by atoms with Crippen LogP contribution in [0.5, 0.6) is 0 Å². The van der Waals surface area contributed by atoms with Gasteiger partial charge in [0.25, 0.3) is 5.91 Å². The van der Waals surface area contributed by atoms with Gasteiger partial charge in [0.2, 0.25) is 0 Å². The van der Waals surface area contributed by atoms with Crippen molar-refractivity contribution in [3.05, 3.63) is 41.2 Å². The Morgan fingerprint density at radius 3 is 3.09 bits per heavy atom. The monoisotopic (exact) mass is 299 g/mol. The molecule has 1 fully saturated rings. The molecule has 0 aromatic carbocycles. The Bertz CT molecular complexity index is 824. The fourth-order valence-electron chi connectivity index (χ4n) is 3.39. The first-order chi connectivity index (χ1) is 10.7. The largest absolute Gasteiger partial charge is 0.361 e. The molecule has 0 saturated carbocycles. The summed E-state index contributed by atoms with van der Waals surface area (Å²) in [5.41, 5.74) is 3.17. The van der Waals surface area contributed by atoms with E-state index in [1.165, 1.54) is 0 Å². The Hall–Kier alpha value is -2.57. The second-order valence-corrected chi connectivity index (χ2v) is 5.70. The van der Waals surface area contributed by atoms with Crippen LogP contribution in [0.2, 0.25) is 0 Å². The lowest BCUT2D eigenvalue weighted by Gasteiger charge is -2.24. The van der Waals surface area contributed by atoms with E-state index >= 15 is 0 Å². The van der Waals surface area contributed by atoms with Crippen molar-refractivity contribution in [2.24, 2.45) is 0 Å². The van der Waals surface area contributed by atoms with E-state index in [0.29, 0.717) is 11.2 Å². The van der Waals surface area contributed by atoms with Crippen LogP contribution in [-0.2, 0) is 0 Å². The number of nitrogens with zero attached hydrogens (tertiary/aromatic N) is 4. The SMILES string of the molecule is Cc1noc(C)c1[C@@H]1CCCN1C(=O)c1c[nH]n2ccnc12. The number of nitrogens with one attached hydrogen (secondary N) is 1. The van der Waals surface area contributed by atoms with Gasteiger partial charge >= 0.3 is 0 Å². The van der Waals surface area contributed by atoms with E-state index in [2.05, 4.69) is 15.2 Å². The van der Waals surface area contributed by atoms with Crippen molar-refractivity contribution in [3.63, 3.8) is 0 Å². The molecule has 1 saturated heterocycles. The molecule has 114 valence electrons. The van der Waals surface area contributed by atoms with Gasteiger partial charge in [0.05, 0.1) is 11.7 Å². The maximum absolute atomic E-state index is 12.9. The highest BCUT2D eigenvalue weighted by Crippen LogP contribution is 2.36. The van der Waals surface area contributed by atoms with Gasteiger partial charge in [-0.1, -0.05) is 5.16 Å². The molecule has 1 N–H and O–H groups in total. The van der Waals surface area contributed by atoms with Crippen molar-refractivity contribution >= 4 is 11.6 Å². The topological polar surface area (TPSA) is 79.4 Å². The van der Waals surface area contributed by atoms with Crippen LogP contribution < -0.4 is 0 Å².